The predicted molar refractivity (Wildman–Crippen MR) is 67.5 cm³/mol. The van der Waals surface area contributed by atoms with Crippen LogP contribution in [0.3, 0.4) is 0 Å². The van der Waals surface area contributed by atoms with Gasteiger partial charge in [0, 0.05) is 0 Å². The zero-order chi connectivity index (χ0) is 13.3. The molecule has 2 aromatic heterocycles. The van der Waals surface area contributed by atoms with Crippen molar-refractivity contribution in [2.45, 2.75) is 20.8 Å². The number of aryl methyl sites for hydroxylation is 2. The molecule has 2 aromatic rings. The molecule has 0 radical (unpaired) electrons. The third kappa shape index (κ3) is 2.21. The first-order valence-corrected chi connectivity index (χ1v) is 6.22. The van der Waals surface area contributed by atoms with Crippen LogP contribution in [0.2, 0.25) is 0 Å². The highest BCUT2D eigenvalue weighted by Gasteiger charge is 2.22. The smallest absolute Gasteiger partial charge is 0.362 e. The largest absolute Gasteiger partial charge is 0.461 e. The van der Waals surface area contributed by atoms with Gasteiger partial charge in [0.2, 0.25) is 17.5 Å². The number of nitrogens with two attached hydrogens (primary N) is 1. The van der Waals surface area contributed by atoms with Crippen LogP contribution in [-0.2, 0) is 4.74 Å². The van der Waals surface area contributed by atoms with Crippen LogP contribution in [0.15, 0.2) is 4.42 Å². The van der Waals surface area contributed by atoms with Crippen molar-refractivity contribution in [1.82, 2.24) is 9.97 Å². The molecule has 6 nitrogen and oxygen atoms in total. The Labute approximate surface area is 108 Å². The second kappa shape index (κ2) is 4.77. The number of thiazole rings is 1. The lowest BCUT2D eigenvalue weighted by atomic mass is 10.4. The molecule has 0 aliphatic carbocycles. The molecule has 0 atom stereocenters. The molecule has 0 saturated heterocycles. The Balaban J connectivity index is 2.40. The fraction of sp³-hybridized carbons (Fsp3) is 0.364. The molecule has 18 heavy (non-hydrogen) atoms. The molecule has 0 aliphatic rings. The molecule has 0 aliphatic heterocycles. The SMILES string of the molecule is CCOC(=O)c1nc(-c2sc(C)nc2C)oc1N. The van der Waals surface area contributed by atoms with Crippen LogP contribution in [0, 0.1) is 13.8 Å². The second-order valence-electron chi connectivity index (χ2n) is 3.60. The van der Waals surface area contributed by atoms with E-state index in [-0.39, 0.29) is 18.2 Å². The van der Waals surface area contributed by atoms with E-state index in [4.69, 9.17) is 14.9 Å². The summed E-state index contributed by atoms with van der Waals surface area (Å²) in [5.41, 5.74) is 6.43. The maximum absolute atomic E-state index is 11.6. The van der Waals surface area contributed by atoms with Crippen molar-refractivity contribution in [1.29, 1.82) is 0 Å². The number of oxazole rings is 1. The van der Waals surface area contributed by atoms with E-state index < -0.39 is 5.97 Å². The fourth-order valence-electron chi connectivity index (χ4n) is 1.50. The standard InChI is InChI=1S/C11H13N3O3S/c1-4-16-11(15)7-9(12)17-10(14-7)8-5(2)13-6(3)18-8/h4,12H2,1-3H3. The van der Waals surface area contributed by atoms with E-state index in [1.54, 1.807) is 6.92 Å². The quantitative estimate of drug-likeness (QED) is 0.857. The number of carbonyl (C=O) groups is 1. The Kier molecular flexibility index (Phi) is 3.33. The van der Waals surface area contributed by atoms with E-state index in [0.717, 1.165) is 15.6 Å². The van der Waals surface area contributed by atoms with Gasteiger partial charge < -0.3 is 14.9 Å². The minimum atomic E-state index is -0.580. The van der Waals surface area contributed by atoms with Crippen molar-refractivity contribution >= 4 is 23.2 Å². The first-order valence-electron chi connectivity index (χ1n) is 5.40. The van der Waals surface area contributed by atoms with Crippen molar-refractivity contribution in [3.63, 3.8) is 0 Å². The summed E-state index contributed by atoms with van der Waals surface area (Å²) in [5, 5.41) is 0.900. The van der Waals surface area contributed by atoms with E-state index >= 15 is 0 Å². The zero-order valence-corrected chi connectivity index (χ0v) is 11.1. The van der Waals surface area contributed by atoms with Crippen LogP contribution in [0.1, 0.15) is 28.1 Å². The van der Waals surface area contributed by atoms with Gasteiger partial charge in [-0.15, -0.1) is 11.3 Å². The highest BCUT2D eigenvalue weighted by Crippen LogP contribution is 2.31. The molecule has 2 rings (SSSR count). The van der Waals surface area contributed by atoms with Gasteiger partial charge in [-0.05, 0) is 20.8 Å². The fourth-order valence-corrected chi connectivity index (χ4v) is 2.35. The number of ether oxygens (including phenoxy) is 1. The molecule has 2 heterocycles. The molecule has 96 valence electrons. The molecule has 0 aromatic carbocycles. The number of hydrogen-bond donors (Lipinski definition) is 1. The molecule has 2 N–H and O–H groups in total. The number of hydrogen-bond acceptors (Lipinski definition) is 7. The Hall–Kier alpha value is -1.89. The van der Waals surface area contributed by atoms with Gasteiger partial charge in [-0.2, -0.15) is 4.98 Å². The number of anilines is 1. The summed E-state index contributed by atoms with van der Waals surface area (Å²) in [6, 6.07) is 0. The van der Waals surface area contributed by atoms with Gasteiger partial charge >= 0.3 is 5.97 Å². The van der Waals surface area contributed by atoms with Crippen LogP contribution in [0.25, 0.3) is 10.8 Å². The van der Waals surface area contributed by atoms with Gasteiger partial charge in [0.1, 0.15) is 4.88 Å². The second-order valence-corrected chi connectivity index (χ2v) is 4.80. The normalized spacial score (nSPS) is 10.6. The maximum Gasteiger partial charge on any atom is 0.362 e. The summed E-state index contributed by atoms with van der Waals surface area (Å²) in [6.07, 6.45) is 0. The average Bonchev–Trinajstić information content (AvgIpc) is 2.82. The van der Waals surface area contributed by atoms with Crippen LogP contribution in [-0.4, -0.2) is 22.5 Å². The molecular weight excluding hydrogens is 254 g/mol. The Morgan fingerprint density at radius 1 is 1.44 bits per heavy atom. The Morgan fingerprint density at radius 2 is 2.17 bits per heavy atom. The number of aromatic nitrogens is 2. The lowest BCUT2D eigenvalue weighted by Crippen LogP contribution is -2.07. The van der Waals surface area contributed by atoms with E-state index in [1.165, 1.54) is 11.3 Å². The van der Waals surface area contributed by atoms with E-state index in [2.05, 4.69) is 9.97 Å². The maximum atomic E-state index is 11.6. The van der Waals surface area contributed by atoms with Crippen molar-refractivity contribution in [2.75, 3.05) is 12.3 Å². The third-order valence-corrected chi connectivity index (χ3v) is 3.28. The van der Waals surface area contributed by atoms with Crippen molar-refractivity contribution < 1.29 is 13.9 Å². The van der Waals surface area contributed by atoms with E-state index in [1.807, 2.05) is 13.8 Å². The molecule has 0 spiro atoms. The number of esters is 1. The average molecular weight is 267 g/mol. The molecule has 0 fully saturated rings. The molecule has 0 bridgehead atoms. The highest BCUT2D eigenvalue weighted by molar-refractivity contribution is 7.15. The first kappa shape index (κ1) is 12.6. The first-order chi connectivity index (χ1) is 8.52. The van der Waals surface area contributed by atoms with Crippen LogP contribution < -0.4 is 5.73 Å². The number of nitrogens with zero attached hydrogens (tertiary/aromatic N) is 2. The molecule has 7 heteroatoms. The predicted octanol–water partition coefficient (Wildman–Crippen LogP) is 2.17. The van der Waals surface area contributed by atoms with Crippen LogP contribution in [0.5, 0.6) is 0 Å². The Morgan fingerprint density at radius 3 is 2.72 bits per heavy atom. The van der Waals surface area contributed by atoms with Gasteiger partial charge in [0.25, 0.3) is 0 Å². The summed E-state index contributed by atoms with van der Waals surface area (Å²) in [6.45, 7) is 5.72. The van der Waals surface area contributed by atoms with Gasteiger partial charge in [-0.25, -0.2) is 9.78 Å². The van der Waals surface area contributed by atoms with Crippen molar-refractivity contribution in [2.24, 2.45) is 0 Å². The topological polar surface area (TPSA) is 91.2 Å². The van der Waals surface area contributed by atoms with E-state index in [0.29, 0.717) is 5.89 Å². The lowest BCUT2D eigenvalue weighted by molar-refractivity contribution is 0.0521. The highest BCUT2D eigenvalue weighted by atomic mass is 32.1. The Bertz CT molecular complexity index is 588. The van der Waals surface area contributed by atoms with Gasteiger partial charge in [-0.1, -0.05) is 0 Å². The summed E-state index contributed by atoms with van der Waals surface area (Å²) >= 11 is 1.44. The number of rotatable bonds is 3. The lowest BCUT2D eigenvalue weighted by Gasteiger charge is -1.96. The van der Waals surface area contributed by atoms with Crippen LogP contribution in [0.4, 0.5) is 5.88 Å². The minimum Gasteiger partial charge on any atom is -0.461 e. The molecule has 0 unspecified atom stereocenters. The number of nitrogen functional groups attached to an aromatic ring is 1. The van der Waals surface area contributed by atoms with E-state index in [9.17, 15) is 4.79 Å². The van der Waals surface area contributed by atoms with Crippen LogP contribution >= 0.6 is 11.3 Å². The number of carbonyl (C=O) groups excluding carboxylic acids is 1. The van der Waals surface area contributed by atoms with Gasteiger partial charge in [0.05, 0.1) is 17.3 Å². The summed E-state index contributed by atoms with van der Waals surface area (Å²) in [7, 11) is 0. The summed E-state index contributed by atoms with van der Waals surface area (Å²) < 4.78 is 10.1. The zero-order valence-electron chi connectivity index (χ0n) is 10.3. The minimum absolute atomic E-state index is 0.0114. The molecular formula is C11H13N3O3S. The summed E-state index contributed by atoms with van der Waals surface area (Å²) in [4.78, 5) is 20.7. The molecule has 0 amide bonds. The van der Waals surface area contributed by atoms with Gasteiger partial charge in [0.15, 0.2) is 0 Å². The summed E-state index contributed by atoms with van der Waals surface area (Å²) in [5.74, 6) is -0.309. The van der Waals surface area contributed by atoms with Gasteiger partial charge in [-0.3, -0.25) is 0 Å². The van der Waals surface area contributed by atoms with Crippen molar-refractivity contribution in [3.8, 4) is 10.8 Å². The molecule has 0 saturated carbocycles. The monoisotopic (exact) mass is 267 g/mol. The van der Waals surface area contributed by atoms with Crippen molar-refractivity contribution in [3.05, 3.63) is 16.4 Å². The third-order valence-electron chi connectivity index (χ3n) is 2.22.